The van der Waals surface area contributed by atoms with Crippen LogP contribution in [-0.2, 0) is 20.8 Å². The lowest BCUT2D eigenvalue weighted by Gasteiger charge is -2.13. The number of rotatable bonds is 8. The zero-order valence-electron chi connectivity index (χ0n) is 11.6. The number of carbonyl (C=O) groups excluding carboxylic acids is 1. The lowest BCUT2D eigenvalue weighted by molar-refractivity contribution is -0.128. The number of methoxy groups -OCH3 is 2. The van der Waals surface area contributed by atoms with E-state index in [0.717, 1.165) is 0 Å². The largest absolute Gasteiger partial charge is 0.354 e. The molecule has 9 heteroatoms. The van der Waals surface area contributed by atoms with Gasteiger partial charge < -0.3 is 14.4 Å². The molecule has 0 spiro atoms. The molecule has 1 heterocycles. The van der Waals surface area contributed by atoms with E-state index in [4.69, 9.17) is 9.47 Å². The highest BCUT2D eigenvalue weighted by atomic mass is 32.2. The van der Waals surface area contributed by atoms with Gasteiger partial charge in [-0.15, -0.1) is 5.10 Å². The Morgan fingerprint density at radius 3 is 2.68 bits per heavy atom. The van der Waals surface area contributed by atoms with Crippen molar-refractivity contribution >= 4 is 17.7 Å². The maximum atomic E-state index is 11.4. The monoisotopic (exact) mass is 289 g/mol. The van der Waals surface area contributed by atoms with E-state index in [0.29, 0.717) is 23.9 Å². The summed E-state index contributed by atoms with van der Waals surface area (Å²) in [6.07, 6.45) is 0.0500. The number of aromatic nitrogens is 4. The quantitative estimate of drug-likeness (QED) is 0.486. The van der Waals surface area contributed by atoms with Crippen molar-refractivity contribution in [1.29, 1.82) is 0 Å². The Labute approximate surface area is 116 Å². The predicted molar refractivity (Wildman–Crippen MR) is 69.7 cm³/mol. The highest BCUT2D eigenvalue weighted by molar-refractivity contribution is 7.99. The van der Waals surface area contributed by atoms with Crippen molar-refractivity contribution in [3.8, 4) is 0 Å². The van der Waals surface area contributed by atoms with Gasteiger partial charge in [0.15, 0.2) is 6.29 Å². The van der Waals surface area contributed by atoms with Crippen LogP contribution in [0.15, 0.2) is 5.16 Å². The highest BCUT2D eigenvalue weighted by Crippen LogP contribution is 2.15. The molecule has 8 nitrogen and oxygen atoms in total. The molecule has 0 atom stereocenters. The second kappa shape index (κ2) is 8.08. The average Bonchev–Trinajstić information content (AvgIpc) is 2.83. The number of tetrazole rings is 1. The minimum atomic E-state index is -0.397. The van der Waals surface area contributed by atoms with Gasteiger partial charge in [-0.3, -0.25) is 4.79 Å². The first-order chi connectivity index (χ1) is 9.08. The van der Waals surface area contributed by atoms with Crippen LogP contribution in [0.5, 0.6) is 0 Å². The smallest absolute Gasteiger partial charge is 0.222 e. The Kier molecular flexibility index (Phi) is 6.74. The third-order valence-corrected chi connectivity index (χ3v) is 3.35. The predicted octanol–water partition coefficient (Wildman–Crippen LogP) is -0.138. The second-order valence-corrected chi connectivity index (χ2v) is 4.99. The summed E-state index contributed by atoms with van der Waals surface area (Å²) >= 11 is 1.43. The fourth-order valence-electron chi connectivity index (χ4n) is 1.25. The summed E-state index contributed by atoms with van der Waals surface area (Å²) in [5, 5.41) is 12.0. The van der Waals surface area contributed by atoms with Gasteiger partial charge in [-0.1, -0.05) is 11.8 Å². The van der Waals surface area contributed by atoms with Gasteiger partial charge in [-0.05, 0) is 10.4 Å². The van der Waals surface area contributed by atoms with Crippen LogP contribution in [0.2, 0.25) is 0 Å². The van der Waals surface area contributed by atoms with Gasteiger partial charge in [-0.25, -0.2) is 4.68 Å². The number of thioether (sulfide) groups is 1. The maximum absolute atomic E-state index is 11.4. The molecule has 19 heavy (non-hydrogen) atoms. The van der Waals surface area contributed by atoms with Crippen molar-refractivity contribution in [3.05, 3.63) is 0 Å². The molecule has 0 radical (unpaired) electrons. The topological polar surface area (TPSA) is 82.4 Å². The SMILES string of the molecule is COC(Cn1nnnc1SCCC(=O)N(C)C)OC. The molecule has 0 unspecified atom stereocenters. The summed E-state index contributed by atoms with van der Waals surface area (Å²) in [4.78, 5) is 13.0. The molecule has 0 aliphatic heterocycles. The molecule has 0 aliphatic carbocycles. The van der Waals surface area contributed by atoms with Gasteiger partial charge in [0.25, 0.3) is 0 Å². The fourth-order valence-corrected chi connectivity index (χ4v) is 2.07. The lowest BCUT2D eigenvalue weighted by atomic mass is 10.4. The molecule has 0 fully saturated rings. The fraction of sp³-hybridized carbons (Fsp3) is 0.800. The summed E-state index contributed by atoms with van der Waals surface area (Å²) in [6, 6.07) is 0. The number of carbonyl (C=O) groups is 1. The first kappa shape index (κ1) is 15.9. The summed E-state index contributed by atoms with van der Waals surface area (Å²) < 4.78 is 11.8. The average molecular weight is 289 g/mol. The Balaban J connectivity index is 2.46. The minimum Gasteiger partial charge on any atom is -0.354 e. The zero-order valence-corrected chi connectivity index (χ0v) is 12.4. The van der Waals surface area contributed by atoms with E-state index in [2.05, 4.69) is 15.5 Å². The molecule has 0 bridgehead atoms. The molecular formula is C10H19N5O3S. The normalized spacial score (nSPS) is 11.0. The third kappa shape index (κ3) is 5.13. The second-order valence-electron chi connectivity index (χ2n) is 3.93. The van der Waals surface area contributed by atoms with Crippen LogP contribution in [0.3, 0.4) is 0 Å². The molecule has 1 amide bonds. The molecule has 108 valence electrons. The summed E-state index contributed by atoms with van der Waals surface area (Å²) in [7, 11) is 6.58. The minimum absolute atomic E-state index is 0.0817. The molecule has 0 aliphatic rings. The standard InChI is InChI=1S/C10H19N5O3S/c1-14(2)8(16)5-6-19-10-11-12-13-15(10)7-9(17-3)18-4/h9H,5-7H2,1-4H3. The van der Waals surface area contributed by atoms with Crippen LogP contribution in [0.25, 0.3) is 0 Å². The molecule has 0 aromatic carbocycles. The third-order valence-electron chi connectivity index (χ3n) is 2.39. The molecule has 0 saturated heterocycles. The van der Waals surface area contributed by atoms with Crippen molar-refractivity contribution in [1.82, 2.24) is 25.1 Å². The highest BCUT2D eigenvalue weighted by Gasteiger charge is 2.13. The summed E-state index contributed by atoms with van der Waals surface area (Å²) in [5.41, 5.74) is 0. The molecule has 1 aromatic rings. The van der Waals surface area contributed by atoms with Crippen LogP contribution in [0, 0.1) is 0 Å². The van der Waals surface area contributed by atoms with Crippen LogP contribution >= 0.6 is 11.8 Å². The Hall–Kier alpha value is -1.19. The van der Waals surface area contributed by atoms with E-state index in [1.54, 1.807) is 37.9 Å². The van der Waals surface area contributed by atoms with Crippen molar-refractivity contribution in [2.24, 2.45) is 0 Å². The van der Waals surface area contributed by atoms with Gasteiger partial charge in [-0.2, -0.15) is 0 Å². The van der Waals surface area contributed by atoms with Crippen LogP contribution in [0.1, 0.15) is 6.42 Å². The van der Waals surface area contributed by atoms with E-state index < -0.39 is 6.29 Å². The van der Waals surface area contributed by atoms with Crippen molar-refractivity contribution in [3.63, 3.8) is 0 Å². The van der Waals surface area contributed by atoms with Gasteiger partial charge in [0.2, 0.25) is 11.1 Å². The van der Waals surface area contributed by atoms with Crippen molar-refractivity contribution in [2.75, 3.05) is 34.1 Å². The summed E-state index contributed by atoms with van der Waals surface area (Å²) in [6.45, 7) is 0.407. The van der Waals surface area contributed by atoms with Crippen LogP contribution in [0.4, 0.5) is 0 Å². The zero-order chi connectivity index (χ0) is 14.3. The number of hydrogen-bond acceptors (Lipinski definition) is 7. The van der Waals surface area contributed by atoms with Gasteiger partial charge >= 0.3 is 0 Å². The van der Waals surface area contributed by atoms with Crippen LogP contribution in [-0.4, -0.2) is 71.4 Å². The lowest BCUT2D eigenvalue weighted by Crippen LogP contribution is -2.23. The maximum Gasteiger partial charge on any atom is 0.222 e. The first-order valence-corrected chi connectivity index (χ1v) is 6.71. The van der Waals surface area contributed by atoms with E-state index in [-0.39, 0.29) is 5.91 Å². The van der Waals surface area contributed by atoms with Gasteiger partial charge in [0.05, 0.1) is 6.54 Å². The Morgan fingerprint density at radius 2 is 2.11 bits per heavy atom. The van der Waals surface area contributed by atoms with Crippen LogP contribution < -0.4 is 0 Å². The Morgan fingerprint density at radius 1 is 1.42 bits per heavy atom. The number of hydrogen-bond donors (Lipinski definition) is 0. The molecule has 1 aromatic heterocycles. The number of nitrogens with zero attached hydrogens (tertiary/aromatic N) is 5. The molecule has 0 saturated carbocycles. The van der Waals surface area contributed by atoms with Crippen molar-refractivity contribution < 1.29 is 14.3 Å². The van der Waals surface area contributed by atoms with Gasteiger partial charge in [0, 0.05) is 40.5 Å². The molecular weight excluding hydrogens is 270 g/mol. The van der Waals surface area contributed by atoms with E-state index >= 15 is 0 Å². The molecule has 1 rings (SSSR count). The van der Waals surface area contributed by atoms with E-state index in [1.807, 2.05) is 0 Å². The van der Waals surface area contributed by atoms with Crippen molar-refractivity contribution in [2.45, 2.75) is 24.4 Å². The number of ether oxygens (including phenoxy) is 2. The summed E-state index contributed by atoms with van der Waals surface area (Å²) in [5.74, 6) is 0.709. The molecule has 0 N–H and O–H groups in total. The van der Waals surface area contributed by atoms with E-state index in [9.17, 15) is 4.79 Å². The van der Waals surface area contributed by atoms with Gasteiger partial charge in [0.1, 0.15) is 0 Å². The van der Waals surface area contributed by atoms with E-state index in [1.165, 1.54) is 11.8 Å². The number of amides is 1. The first-order valence-electron chi connectivity index (χ1n) is 5.73. The Bertz CT molecular complexity index is 394.